The van der Waals surface area contributed by atoms with Gasteiger partial charge in [-0.1, -0.05) is 36.1 Å². The quantitative estimate of drug-likeness (QED) is 0.802. The van der Waals surface area contributed by atoms with Crippen molar-refractivity contribution in [1.29, 1.82) is 0 Å². The summed E-state index contributed by atoms with van der Waals surface area (Å²) in [5, 5.41) is 8.98. The van der Waals surface area contributed by atoms with Crippen LogP contribution in [0.25, 0.3) is 5.69 Å². The highest BCUT2D eigenvalue weighted by atomic mass is 35.5. The highest BCUT2D eigenvalue weighted by Gasteiger charge is 2.25. The third-order valence-corrected chi connectivity index (χ3v) is 4.46. The zero-order valence-electron chi connectivity index (χ0n) is 12.1. The van der Waals surface area contributed by atoms with Gasteiger partial charge in [0, 0.05) is 10.9 Å². The third kappa shape index (κ3) is 2.72. The number of aromatic nitrogens is 3. The lowest BCUT2D eigenvalue weighted by Crippen LogP contribution is -2.13. The molecule has 0 bridgehead atoms. The van der Waals surface area contributed by atoms with Crippen LogP contribution in [0.2, 0.25) is 5.02 Å². The molecule has 21 heavy (non-hydrogen) atoms. The molecule has 5 heteroatoms. The fourth-order valence-electron chi connectivity index (χ4n) is 3.18. The summed E-state index contributed by atoms with van der Waals surface area (Å²) < 4.78 is 1.82. The van der Waals surface area contributed by atoms with Crippen molar-refractivity contribution in [3.63, 3.8) is 0 Å². The van der Waals surface area contributed by atoms with E-state index in [4.69, 9.17) is 11.6 Å². The Hall–Kier alpha value is -1.68. The second kappa shape index (κ2) is 5.98. The lowest BCUT2D eigenvalue weighted by molar-refractivity contribution is 0.111. The highest BCUT2D eigenvalue weighted by Crippen LogP contribution is 2.35. The van der Waals surface area contributed by atoms with Gasteiger partial charge in [0.2, 0.25) is 0 Å². The standard InChI is InChI=1S/C16H18ClN3O/c1-11-9-13(17)7-8-15(11)20-16(14(10-21)18-19-20)12-5-3-2-4-6-12/h7-10,12H,2-6H2,1H3. The molecule has 4 nitrogen and oxygen atoms in total. The summed E-state index contributed by atoms with van der Waals surface area (Å²) in [6.45, 7) is 1.99. The van der Waals surface area contributed by atoms with Crippen molar-refractivity contribution in [2.24, 2.45) is 0 Å². The van der Waals surface area contributed by atoms with Gasteiger partial charge in [-0.3, -0.25) is 4.79 Å². The van der Waals surface area contributed by atoms with Crippen LogP contribution in [0, 0.1) is 6.92 Å². The molecule has 2 aromatic rings. The monoisotopic (exact) mass is 303 g/mol. The van der Waals surface area contributed by atoms with E-state index >= 15 is 0 Å². The van der Waals surface area contributed by atoms with Crippen molar-refractivity contribution >= 4 is 17.9 Å². The minimum absolute atomic E-state index is 0.365. The molecule has 0 amide bonds. The number of rotatable bonds is 3. The molecule has 1 saturated carbocycles. The van der Waals surface area contributed by atoms with Gasteiger partial charge in [-0.2, -0.15) is 0 Å². The molecule has 0 radical (unpaired) electrons. The third-order valence-electron chi connectivity index (χ3n) is 4.22. The van der Waals surface area contributed by atoms with E-state index in [1.54, 1.807) is 0 Å². The minimum atomic E-state index is 0.365. The predicted octanol–water partition coefficient (Wildman–Crippen LogP) is 4.09. The van der Waals surface area contributed by atoms with Crippen molar-refractivity contribution in [2.75, 3.05) is 0 Å². The molecule has 1 aliphatic rings. The number of nitrogens with zero attached hydrogens (tertiary/aromatic N) is 3. The Morgan fingerprint density at radius 1 is 1.29 bits per heavy atom. The van der Waals surface area contributed by atoms with Gasteiger partial charge in [0.1, 0.15) is 5.69 Å². The molecular weight excluding hydrogens is 286 g/mol. The first-order valence-corrected chi connectivity index (χ1v) is 7.76. The summed E-state index contributed by atoms with van der Waals surface area (Å²) in [5.74, 6) is 0.365. The molecule has 0 atom stereocenters. The summed E-state index contributed by atoms with van der Waals surface area (Å²) >= 11 is 6.02. The molecule has 0 saturated heterocycles. The van der Waals surface area contributed by atoms with Crippen molar-refractivity contribution in [1.82, 2.24) is 15.0 Å². The predicted molar refractivity (Wildman–Crippen MR) is 82.3 cm³/mol. The van der Waals surface area contributed by atoms with E-state index in [0.29, 0.717) is 16.6 Å². The number of hydrogen-bond acceptors (Lipinski definition) is 3. The minimum Gasteiger partial charge on any atom is -0.296 e. The number of aldehydes is 1. The van der Waals surface area contributed by atoms with Crippen LogP contribution in [0.5, 0.6) is 0 Å². The molecule has 0 N–H and O–H groups in total. The summed E-state index contributed by atoms with van der Waals surface area (Å²) in [4.78, 5) is 11.3. The maximum absolute atomic E-state index is 11.3. The van der Waals surface area contributed by atoms with Crippen LogP contribution in [0.1, 0.15) is 59.8 Å². The molecule has 1 aromatic carbocycles. The van der Waals surface area contributed by atoms with Crippen LogP contribution in [-0.2, 0) is 0 Å². The van der Waals surface area contributed by atoms with Gasteiger partial charge in [0.25, 0.3) is 0 Å². The zero-order chi connectivity index (χ0) is 14.8. The SMILES string of the molecule is Cc1cc(Cl)ccc1-n1nnc(C=O)c1C1CCCCC1. The maximum Gasteiger partial charge on any atom is 0.172 e. The lowest BCUT2D eigenvalue weighted by atomic mass is 9.86. The van der Waals surface area contributed by atoms with Crippen LogP contribution in [-0.4, -0.2) is 21.3 Å². The van der Waals surface area contributed by atoms with Gasteiger partial charge in [-0.05, 0) is 43.5 Å². The molecule has 1 fully saturated rings. The number of benzene rings is 1. The van der Waals surface area contributed by atoms with E-state index in [-0.39, 0.29) is 0 Å². The summed E-state index contributed by atoms with van der Waals surface area (Å²) in [7, 11) is 0. The van der Waals surface area contributed by atoms with Crippen LogP contribution < -0.4 is 0 Å². The Morgan fingerprint density at radius 2 is 2.05 bits per heavy atom. The van der Waals surface area contributed by atoms with Crippen LogP contribution in [0.15, 0.2) is 18.2 Å². The first kappa shape index (κ1) is 14.3. The number of hydrogen-bond donors (Lipinski definition) is 0. The molecular formula is C16H18ClN3O. The van der Waals surface area contributed by atoms with E-state index in [0.717, 1.165) is 36.1 Å². The topological polar surface area (TPSA) is 47.8 Å². The van der Waals surface area contributed by atoms with Crippen molar-refractivity contribution in [3.8, 4) is 5.69 Å². The zero-order valence-corrected chi connectivity index (χ0v) is 12.8. The van der Waals surface area contributed by atoms with Gasteiger partial charge >= 0.3 is 0 Å². The Balaban J connectivity index is 2.09. The fraction of sp³-hybridized carbons (Fsp3) is 0.438. The fourth-order valence-corrected chi connectivity index (χ4v) is 3.40. The Morgan fingerprint density at radius 3 is 2.71 bits per heavy atom. The van der Waals surface area contributed by atoms with Crippen molar-refractivity contribution in [3.05, 3.63) is 40.2 Å². The van der Waals surface area contributed by atoms with E-state index in [2.05, 4.69) is 10.3 Å². The molecule has 1 aliphatic carbocycles. The molecule has 1 aromatic heterocycles. The normalized spacial score (nSPS) is 16.1. The molecule has 0 spiro atoms. The molecule has 0 unspecified atom stereocenters. The Kier molecular flexibility index (Phi) is 4.06. The number of halogens is 1. The average Bonchev–Trinajstić information content (AvgIpc) is 2.92. The van der Waals surface area contributed by atoms with Crippen molar-refractivity contribution < 1.29 is 4.79 Å². The highest BCUT2D eigenvalue weighted by molar-refractivity contribution is 6.30. The summed E-state index contributed by atoms with van der Waals surface area (Å²) in [5.41, 5.74) is 3.40. The van der Waals surface area contributed by atoms with Gasteiger partial charge in [0.05, 0.1) is 11.4 Å². The van der Waals surface area contributed by atoms with Crippen LogP contribution in [0.4, 0.5) is 0 Å². The van der Waals surface area contributed by atoms with Gasteiger partial charge in [-0.25, -0.2) is 4.68 Å². The van der Waals surface area contributed by atoms with Gasteiger partial charge in [0.15, 0.2) is 6.29 Å². The number of carbonyl (C=O) groups excluding carboxylic acids is 1. The van der Waals surface area contributed by atoms with Gasteiger partial charge in [-0.15, -0.1) is 5.10 Å². The van der Waals surface area contributed by atoms with Gasteiger partial charge < -0.3 is 0 Å². The molecule has 1 heterocycles. The number of carbonyl (C=O) groups is 1. The largest absolute Gasteiger partial charge is 0.296 e. The maximum atomic E-state index is 11.3. The Labute approximate surface area is 129 Å². The Bertz CT molecular complexity index is 660. The lowest BCUT2D eigenvalue weighted by Gasteiger charge is -2.23. The van der Waals surface area contributed by atoms with E-state index < -0.39 is 0 Å². The molecule has 3 rings (SSSR count). The number of aryl methyl sites for hydroxylation is 1. The molecule has 110 valence electrons. The van der Waals surface area contributed by atoms with E-state index in [1.807, 2.05) is 29.8 Å². The van der Waals surface area contributed by atoms with Crippen LogP contribution >= 0.6 is 11.6 Å². The van der Waals surface area contributed by atoms with E-state index in [9.17, 15) is 4.79 Å². The first-order chi connectivity index (χ1) is 10.2. The smallest absolute Gasteiger partial charge is 0.172 e. The first-order valence-electron chi connectivity index (χ1n) is 7.38. The molecule has 0 aliphatic heterocycles. The second-order valence-corrected chi connectivity index (χ2v) is 6.09. The second-order valence-electron chi connectivity index (χ2n) is 5.66. The summed E-state index contributed by atoms with van der Waals surface area (Å²) in [6.07, 6.45) is 6.69. The summed E-state index contributed by atoms with van der Waals surface area (Å²) in [6, 6.07) is 5.69. The van der Waals surface area contributed by atoms with Crippen molar-refractivity contribution in [2.45, 2.75) is 44.9 Å². The van der Waals surface area contributed by atoms with E-state index in [1.165, 1.54) is 19.3 Å². The average molecular weight is 304 g/mol. The van der Waals surface area contributed by atoms with Crippen LogP contribution in [0.3, 0.4) is 0 Å².